The Morgan fingerprint density at radius 1 is 1.11 bits per heavy atom. The maximum atomic E-state index is 12.4. The Kier molecular flexibility index (Phi) is 5.01. The average molecular weight is 355 g/mol. The Bertz CT molecular complexity index is 1000. The number of rotatable bonds is 3. The Balaban J connectivity index is 1.97. The van der Waals surface area contributed by atoms with E-state index in [9.17, 15) is 15.3 Å². The first-order valence-corrected chi connectivity index (χ1v) is 8.35. The number of dihydropyridines is 1. The van der Waals surface area contributed by atoms with Gasteiger partial charge in [-0.15, -0.1) is 0 Å². The van der Waals surface area contributed by atoms with Crippen LogP contribution in [0.2, 0.25) is 0 Å². The van der Waals surface area contributed by atoms with Crippen molar-refractivity contribution in [2.45, 2.75) is 19.8 Å². The number of benzene rings is 1. The molecule has 3 rings (SSSR count). The molecular formula is C21H17N5O. The van der Waals surface area contributed by atoms with E-state index >= 15 is 0 Å². The minimum absolute atomic E-state index is 0.273. The molecule has 1 aliphatic rings. The van der Waals surface area contributed by atoms with Crippen LogP contribution in [0.15, 0.2) is 71.3 Å². The Morgan fingerprint density at radius 2 is 1.81 bits per heavy atom. The van der Waals surface area contributed by atoms with Gasteiger partial charge in [0.05, 0.1) is 34.8 Å². The number of amides is 1. The number of nitrogens with one attached hydrogen (secondary N) is 2. The molecule has 2 aromatic rings. The molecule has 2 N–H and O–H groups in total. The van der Waals surface area contributed by atoms with Gasteiger partial charge in [0.15, 0.2) is 0 Å². The lowest BCUT2D eigenvalue weighted by atomic mass is 9.81. The molecule has 0 saturated carbocycles. The van der Waals surface area contributed by atoms with Gasteiger partial charge in [-0.1, -0.05) is 12.1 Å². The third-order valence-electron chi connectivity index (χ3n) is 4.40. The number of nitriles is 2. The lowest BCUT2D eigenvalue weighted by Crippen LogP contribution is -2.23. The van der Waals surface area contributed by atoms with Crippen LogP contribution in [0.5, 0.6) is 0 Å². The second kappa shape index (κ2) is 7.55. The molecule has 0 saturated heterocycles. The zero-order valence-electron chi connectivity index (χ0n) is 14.9. The third kappa shape index (κ3) is 3.56. The number of anilines is 1. The van der Waals surface area contributed by atoms with Crippen molar-refractivity contribution in [3.8, 4) is 12.1 Å². The summed E-state index contributed by atoms with van der Waals surface area (Å²) in [4.78, 5) is 16.3. The van der Waals surface area contributed by atoms with Gasteiger partial charge in [0.25, 0.3) is 5.91 Å². The van der Waals surface area contributed by atoms with Gasteiger partial charge in [-0.25, -0.2) is 0 Å². The fraction of sp³-hybridized carbons (Fsp3) is 0.143. The highest BCUT2D eigenvalue weighted by atomic mass is 16.1. The van der Waals surface area contributed by atoms with Gasteiger partial charge in [0.1, 0.15) is 0 Å². The quantitative estimate of drug-likeness (QED) is 0.875. The molecule has 27 heavy (non-hydrogen) atoms. The molecule has 6 heteroatoms. The predicted octanol–water partition coefficient (Wildman–Crippen LogP) is 3.62. The number of hydrogen-bond acceptors (Lipinski definition) is 5. The molecule has 0 aliphatic carbocycles. The van der Waals surface area contributed by atoms with E-state index in [0.717, 1.165) is 17.0 Å². The van der Waals surface area contributed by atoms with Crippen LogP contribution >= 0.6 is 0 Å². The number of nitrogens with zero attached hydrogens (tertiary/aromatic N) is 3. The number of carbonyl (C=O) groups is 1. The number of aromatic nitrogens is 1. The monoisotopic (exact) mass is 355 g/mol. The third-order valence-corrected chi connectivity index (χ3v) is 4.40. The second-order valence-corrected chi connectivity index (χ2v) is 6.18. The first-order valence-electron chi connectivity index (χ1n) is 8.35. The van der Waals surface area contributed by atoms with Gasteiger partial charge in [0, 0.05) is 29.5 Å². The number of allylic oxidation sites excluding steroid dienone is 4. The van der Waals surface area contributed by atoms with Crippen LogP contribution in [0.4, 0.5) is 5.69 Å². The minimum Gasteiger partial charge on any atom is -0.361 e. The van der Waals surface area contributed by atoms with Gasteiger partial charge in [-0.2, -0.15) is 10.5 Å². The summed E-state index contributed by atoms with van der Waals surface area (Å²) in [5.41, 5.74) is 4.25. The predicted molar refractivity (Wildman–Crippen MR) is 101 cm³/mol. The molecule has 0 radical (unpaired) electrons. The second-order valence-electron chi connectivity index (χ2n) is 6.18. The molecule has 0 unspecified atom stereocenters. The molecule has 1 aliphatic heterocycles. The van der Waals surface area contributed by atoms with Crippen molar-refractivity contribution in [2.24, 2.45) is 0 Å². The van der Waals surface area contributed by atoms with Crippen molar-refractivity contribution < 1.29 is 4.79 Å². The standard InChI is InChI=1S/C21H17N5O/c1-13-18(10-22)20(19(11-23)14(2)25-13)15-5-3-7-17(9-15)26-21(27)16-6-4-8-24-12-16/h3-9,12,20,25H,1-2H3,(H,26,27). The van der Waals surface area contributed by atoms with Gasteiger partial charge in [-0.05, 0) is 43.7 Å². The van der Waals surface area contributed by atoms with Crippen molar-refractivity contribution in [3.05, 3.63) is 82.5 Å². The fourth-order valence-corrected chi connectivity index (χ4v) is 3.12. The van der Waals surface area contributed by atoms with Crippen molar-refractivity contribution in [1.29, 1.82) is 10.5 Å². The number of pyridine rings is 1. The Hall–Kier alpha value is -3.90. The van der Waals surface area contributed by atoms with Crippen molar-refractivity contribution in [1.82, 2.24) is 10.3 Å². The van der Waals surface area contributed by atoms with E-state index in [4.69, 9.17) is 0 Å². The molecule has 0 bridgehead atoms. The topological polar surface area (TPSA) is 102 Å². The molecule has 0 fully saturated rings. The Labute approximate surface area is 157 Å². The van der Waals surface area contributed by atoms with E-state index in [1.807, 2.05) is 19.9 Å². The molecule has 1 aromatic heterocycles. The zero-order chi connectivity index (χ0) is 19.4. The number of hydrogen-bond donors (Lipinski definition) is 2. The van der Waals surface area contributed by atoms with E-state index in [0.29, 0.717) is 22.4 Å². The maximum absolute atomic E-state index is 12.4. The zero-order valence-corrected chi connectivity index (χ0v) is 14.9. The van der Waals surface area contributed by atoms with Crippen LogP contribution in [0.25, 0.3) is 0 Å². The minimum atomic E-state index is -0.462. The normalized spacial score (nSPS) is 14.2. The lowest BCUT2D eigenvalue weighted by molar-refractivity contribution is 0.102. The maximum Gasteiger partial charge on any atom is 0.257 e. The van der Waals surface area contributed by atoms with Crippen LogP contribution < -0.4 is 10.6 Å². The molecule has 0 atom stereocenters. The first kappa shape index (κ1) is 17.9. The average Bonchev–Trinajstić information content (AvgIpc) is 2.68. The van der Waals surface area contributed by atoms with Crippen LogP contribution in [0.1, 0.15) is 35.7 Å². The molecule has 1 aromatic carbocycles. The molecule has 6 nitrogen and oxygen atoms in total. The highest BCUT2D eigenvalue weighted by molar-refractivity contribution is 6.04. The fourth-order valence-electron chi connectivity index (χ4n) is 3.12. The largest absolute Gasteiger partial charge is 0.361 e. The summed E-state index contributed by atoms with van der Waals surface area (Å²) in [6.07, 6.45) is 3.09. The van der Waals surface area contributed by atoms with Crippen molar-refractivity contribution >= 4 is 11.6 Å². The van der Waals surface area contributed by atoms with Gasteiger partial charge >= 0.3 is 0 Å². The SMILES string of the molecule is CC1=C(C#N)C(c2cccc(NC(=O)c3cccnc3)c2)C(C#N)=C(C)N1. The number of carbonyl (C=O) groups excluding carboxylic acids is 1. The summed E-state index contributed by atoms with van der Waals surface area (Å²) in [6.45, 7) is 3.63. The van der Waals surface area contributed by atoms with Crippen LogP contribution in [0.3, 0.4) is 0 Å². The lowest BCUT2D eigenvalue weighted by Gasteiger charge is -2.26. The summed E-state index contributed by atoms with van der Waals surface area (Å²) >= 11 is 0. The van der Waals surface area contributed by atoms with Crippen LogP contribution in [-0.4, -0.2) is 10.9 Å². The van der Waals surface area contributed by atoms with Crippen LogP contribution in [-0.2, 0) is 0 Å². The molecular weight excluding hydrogens is 338 g/mol. The van der Waals surface area contributed by atoms with E-state index in [1.165, 1.54) is 6.20 Å². The summed E-state index contributed by atoms with van der Waals surface area (Å²) in [7, 11) is 0. The van der Waals surface area contributed by atoms with Gasteiger partial charge in [-0.3, -0.25) is 9.78 Å². The molecule has 0 spiro atoms. The van der Waals surface area contributed by atoms with Gasteiger partial charge in [0.2, 0.25) is 0 Å². The smallest absolute Gasteiger partial charge is 0.257 e. The van der Waals surface area contributed by atoms with Crippen molar-refractivity contribution in [2.75, 3.05) is 5.32 Å². The van der Waals surface area contributed by atoms with E-state index in [-0.39, 0.29) is 5.91 Å². The summed E-state index contributed by atoms with van der Waals surface area (Å²) in [6, 6.07) is 15.0. The Morgan fingerprint density at radius 3 is 2.41 bits per heavy atom. The first-order chi connectivity index (χ1) is 13.0. The highest BCUT2D eigenvalue weighted by Crippen LogP contribution is 2.37. The van der Waals surface area contributed by atoms with E-state index in [2.05, 4.69) is 27.8 Å². The van der Waals surface area contributed by atoms with Gasteiger partial charge < -0.3 is 10.6 Å². The van der Waals surface area contributed by atoms with Crippen molar-refractivity contribution in [3.63, 3.8) is 0 Å². The van der Waals surface area contributed by atoms with E-state index in [1.54, 1.807) is 36.5 Å². The highest BCUT2D eigenvalue weighted by Gasteiger charge is 2.29. The summed E-state index contributed by atoms with van der Waals surface area (Å²) in [5, 5.41) is 25.1. The molecule has 1 amide bonds. The molecule has 132 valence electrons. The van der Waals surface area contributed by atoms with Crippen LogP contribution in [0, 0.1) is 22.7 Å². The summed E-state index contributed by atoms with van der Waals surface area (Å²) in [5.74, 6) is -0.735. The van der Waals surface area contributed by atoms with E-state index < -0.39 is 5.92 Å². The summed E-state index contributed by atoms with van der Waals surface area (Å²) < 4.78 is 0. The molecule has 2 heterocycles.